The Balaban J connectivity index is 1.68. The lowest BCUT2D eigenvalue weighted by atomic mass is 10.0. The van der Waals surface area contributed by atoms with Gasteiger partial charge in [-0.05, 0) is 51.0 Å². The SMILES string of the molecule is Cc1cc(C)n(Cc2ccc(C(=O)N[C@]3(C)CCS(=O)(=O)C3)cc2)n1. The van der Waals surface area contributed by atoms with Gasteiger partial charge in [-0.2, -0.15) is 5.10 Å². The molecule has 2 heterocycles. The van der Waals surface area contributed by atoms with Crippen LogP contribution in [0.4, 0.5) is 0 Å². The molecule has 1 saturated heterocycles. The highest BCUT2D eigenvalue weighted by atomic mass is 32.2. The van der Waals surface area contributed by atoms with E-state index in [1.54, 1.807) is 19.1 Å². The zero-order valence-corrected chi connectivity index (χ0v) is 15.6. The van der Waals surface area contributed by atoms with Gasteiger partial charge >= 0.3 is 0 Å². The van der Waals surface area contributed by atoms with Crippen molar-refractivity contribution >= 4 is 15.7 Å². The van der Waals surface area contributed by atoms with Crippen molar-refractivity contribution in [2.45, 2.75) is 39.3 Å². The van der Waals surface area contributed by atoms with Crippen molar-refractivity contribution in [2.75, 3.05) is 11.5 Å². The number of aryl methyl sites for hydroxylation is 2. The molecule has 2 aromatic rings. The number of benzene rings is 1. The van der Waals surface area contributed by atoms with Crippen molar-refractivity contribution in [1.29, 1.82) is 0 Å². The van der Waals surface area contributed by atoms with Crippen LogP contribution >= 0.6 is 0 Å². The summed E-state index contributed by atoms with van der Waals surface area (Å²) in [6.07, 6.45) is 0.455. The van der Waals surface area contributed by atoms with Gasteiger partial charge in [-0.25, -0.2) is 8.42 Å². The zero-order chi connectivity index (χ0) is 18.2. The first-order chi connectivity index (χ1) is 11.7. The first-order valence-electron chi connectivity index (χ1n) is 8.29. The maximum Gasteiger partial charge on any atom is 0.251 e. The third-order valence-corrected chi connectivity index (χ3v) is 6.47. The van der Waals surface area contributed by atoms with Gasteiger partial charge < -0.3 is 5.32 Å². The van der Waals surface area contributed by atoms with Crippen LogP contribution in [-0.4, -0.2) is 41.2 Å². The van der Waals surface area contributed by atoms with E-state index in [0.29, 0.717) is 18.5 Å². The molecule has 0 aliphatic carbocycles. The Morgan fingerprint density at radius 3 is 2.48 bits per heavy atom. The third-order valence-electron chi connectivity index (χ3n) is 4.57. The highest BCUT2D eigenvalue weighted by molar-refractivity contribution is 7.91. The summed E-state index contributed by atoms with van der Waals surface area (Å²) in [4.78, 5) is 12.4. The normalized spacial score (nSPS) is 22.0. The second kappa shape index (κ2) is 6.29. The van der Waals surface area contributed by atoms with E-state index < -0.39 is 15.4 Å². The van der Waals surface area contributed by atoms with Gasteiger partial charge in [0.2, 0.25) is 0 Å². The van der Waals surface area contributed by atoms with Crippen LogP contribution in [0.15, 0.2) is 30.3 Å². The Hall–Kier alpha value is -2.15. The molecular weight excluding hydrogens is 338 g/mol. The van der Waals surface area contributed by atoms with Gasteiger partial charge in [0.1, 0.15) is 0 Å². The Labute approximate surface area is 148 Å². The molecule has 1 amide bonds. The summed E-state index contributed by atoms with van der Waals surface area (Å²) in [6.45, 7) is 6.41. The molecule has 134 valence electrons. The lowest BCUT2D eigenvalue weighted by molar-refractivity contribution is 0.0915. The van der Waals surface area contributed by atoms with E-state index in [1.807, 2.05) is 36.7 Å². The zero-order valence-electron chi connectivity index (χ0n) is 14.7. The molecule has 1 aliphatic heterocycles. The molecule has 3 rings (SSSR count). The van der Waals surface area contributed by atoms with Gasteiger partial charge in [0.05, 0.1) is 29.3 Å². The van der Waals surface area contributed by atoms with Crippen molar-refractivity contribution in [2.24, 2.45) is 0 Å². The van der Waals surface area contributed by atoms with Crippen molar-refractivity contribution < 1.29 is 13.2 Å². The fourth-order valence-corrected chi connectivity index (χ4v) is 5.32. The van der Waals surface area contributed by atoms with Gasteiger partial charge in [-0.1, -0.05) is 12.1 Å². The topological polar surface area (TPSA) is 81.1 Å². The number of hydrogen-bond acceptors (Lipinski definition) is 4. The number of hydrogen-bond donors (Lipinski definition) is 1. The van der Waals surface area contributed by atoms with E-state index in [2.05, 4.69) is 10.4 Å². The molecule has 0 spiro atoms. The minimum atomic E-state index is -3.05. The third kappa shape index (κ3) is 4.10. The van der Waals surface area contributed by atoms with Crippen molar-refractivity contribution in [3.8, 4) is 0 Å². The second-order valence-corrected chi connectivity index (χ2v) is 9.32. The van der Waals surface area contributed by atoms with Gasteiger partial charge in [-0.3, -0.25) is 9.48 Å². The van der Waals surface area contributed by atoms with Gasteiger partial charge in [-0.15, -0.1) is 0 Å². The highest BCUT2D eigenvalue weighted by Gasteiger charge is 2.39. The quantitative estimate of drug-likeness (QED) is 0.901. The molecule has 1 atom stereocenters. The number of nitrogens with zero attached hydrogens (tertiary/aromatic N) is 2. The predicted molar refractivity (Wildman–Crippen MR) is 96.4 cm³/mol. The molecule has 0 bridgehead atoms. The largest absolute Gasteiger partial charge is 0.346 e. The number of amides is 1. The number of aromatic nitrogens is 2. The number of carbonyl (C=O) groups is 1. The number of nitrogens with one attached hydrogen (secondary N) is 1. The fourth-order valence-electron chi connectivity index (χ4n) is 3.22. The van der Waals surface area contributed by atoms with E-state index in [-0.39, 0.29) is 17.4 Å². The molecule has 25 heavy (non-hydrogen) atoms. The van der Waals surface area contributed by atoms with Crippen molar-refractivity contribution in [3.05, 3.63) is 52.8 Å². The van der Waals surface area contributed by atoms with E-state index in [1.165, 1.54) is 0 Å². The van der Waals surface area contributed by atoms with E-state index in [0.717, 1.165) is 17.0 Å². The average molecular weight is 361 g/mol. The van der Waals surface area contributed by atoms with E-state index in [4.69, 9.17) is 0 Å². The van der Waals surface area contributed by atoms with Crippen LogP contribution in [-0.2, 0) is 16.4 Å². The maximum atomic E-state index is 12.4. The lowest BCUT2D eigenvalue weighted by Gasteiger charge is -2.23. The monoisotopic (exact) mass is 361 g/mol. The Morgan fingerprint density at radius 1 is 1.28 bits per heavy atom. The molecule has 6 nitrogen and oxygen atoms in total. The molecule has 1 aromatic heterocycles. The fraction of sp³-hybridized carbons (Fsp3) is 0.444. The van der Waals surface area contributed by atoms with Crippen LogP contribution in [0.1, 0.15) is 40.7 Å². The predicted octanol–water partition coefficient (Wildman–Crippen LogP) is 1.86. The molecule has 1 fully saturated rings. The van der Waals surface area contributed by atoms with Crippen molar-refractivity contribution in [1.82, 2.24) is 15.1 Å². The molecule has 0 radical (unpaired) electrons. The van der Waals surface area contributed by atoms with Gasteiger partial charge in [0.25, 0.3) is 5.91 Å². The highest BCUT2D eigenvalue weighted by Crippen LogP contribution is 2.23. The summed E-state index contributed by atoms with van der Waals surface area (Å²) in [5.41, 5.74) is 2.97. The van der Waals surface area contributed by atoms with Crippen LogP contribution in [0.3, 0.4) is 0 Å². The molecular formula is C18H23N3O3S. The maximum absolute atomic E-state index is 12.4. The van der Waals surface area contributed by atoms with Gasteiger partial charge in [0.15, 0.2) is 9.84 Å². The van der Waals surface area contributed by atoms with Crippen LogP contribution in [0.5, 0.6) is 0 Å². The summed E-state index contributed by atoms with van der Waals surface area (Å²) in [5, 5.41) is 7.31. The first kappa shape index (κ1) is 17.7. The molecule has 1 N–H and O–H groups in total. The van der Waals surface area contributed by atoms with E-state index in [9.17, 15) is 13.2 Å². The van der Waals surface area contributed by atoms with Crippen LogP contribution in [0.2, 0.25) is 0 Å². The van der Waals surface area contributed by atoms with E-state index >= 15 is 0 Å². The second-order valence-electron chi connectivity index (χ2n) is 7.14. The summed E-state index contributed by atoms with van der Waals surface area (Å²) in [7, 11) is -3.05. The number of sulfone groups is 1. The summed E-state index contributed by atoms with van der Waals surface area (Å²) in [6, 6.07) is 9.36. The molecule has 0 saturated carbocycles. The molecule has 0 unspecified atom stereocenters. The van der Waals surface area contributed by atoms with Crippen LogP contribution in [0, 0.1) is 13.8 Å². The van der Waals surface area contributed by atoms with Crippen LogP contribution in [0.25, 0.3) is 0 Å². The minimum absolute atomic E-state index is 0.00174. The summed E-state index contributed by atoms with van der Waals surface area (Å²) >= 11 is 0. The van der Waals surface area contributed by atoms with Crippen LogP contribution < -0.4 is 5.32 Å². The minimum Gasteiger partial charge on any atom is -0.346 e. The van der Waals surface area contributed by atoms with Gasteiger partial charge in [0, 0.05) is 11.3 Å². The smallest absolute Gasteiger partial charge is 0.251 e. The molecule has 1 aliphatic rings. The van der Waals surface area contributed by atoms with Crippen molar-refractivity contribution in [3.63, 3.8) is 0 Å². The molecule has 7 heteroatoms. The Bertz CT molecular complexity index is 900. The summed E-state index contributed by atoms with van der Waals surface area (Å²) in [5.74, 6) is -0.107. The molecule has 1 aromatic carbocycles. The Morgan fingerprint density at radius 2 is 1.96 bits per heavy atom. The number of carbonyl (C=O) groups excluding carboxylic acids is 1. The first-order valence-corrected chi connectivity index (χ1v) is 10.1. The summed E-state index contributed by atoms with van der Waals surface area (Å²) < 4.78 is 25.2. The number of rotatable bonds is 4. The average Bonchev–Trinajstić information content (AvgIpc) is 2.97. The Kier molecular flexibility index (Phi) is 4.45. The standard InChI is InChI=1S/C18H23N3O3S/c1-13-10-14(2)21(20-13)11-15-4-6-16(7-5-15)17(22)19-18(3)8-9-25(23,24)12-18/h4-7,10H,8-9,11-12H2,1-3H3,(H,19,22)/t18-/m1/s1. The lowest BCUT2D eigenvalue weighted by Crippen LogP contribution is -2.46.